The van der Waals surface area contributed by atoms with Gasteiger partial charge >= 0.3 is 6.09 Å². The second kappa shape index (κ2) is 8.76. The minimum Gasteiger partial charge on any atom is -0.444 e. The fourth-order valence-corrected chi connectivity index (χ4v) is 3.53. The van der Waals surface area contributed by atoms with Crippen LogP contribution in [-0.2, 0) is 17.8 Å². The smallest absolute Gasteiger partial charge is 0.410 e. The summed E-state index contributed by atoms with van der Waals surface area (Å²) >= 11 is 0. The molecule has 5 heteroatoms. The number of amides is 1. The Balaban J connectivity index is 1.76. The van der Waals surface area contributed by atoms with Crippen LogP contribution in [-0.4, -0.2) is 51.8 Å². The maximum absolute atomic E-state index is 12.5. The summed E-state index contributed by atoms with van der Waals surface area (Å²) in [6.45, 7) is 7.72. The van der Waals surface area contributed by atoms with Gasteiger partial charge < -0.3 is 14.7 Å². The van der Waals surface area contributed by atoms with E-state index in [0.717, 1.165) is 0 Å². The molecule has 3 rings (SSSR count). The summed E-state index contributed by atoms with van der Waals surface area (Å²) in [7, 11) is 0. The maximum Gasteiger partial charge on any atom is 0.410 e. The van der Waals surface area contributed by atoms with E-state index < -0.39 is 11.7 Å². The molecule has 1 aliphatic rings. The molecule has 0 aromatic heterocycles. The van der Waals surface area contributed by atoms with Crippen molar-refractivity contribution in [1.82, 2.24) is 9.80 Å². The van der Waals surface area contributed by atoms with Gasteiger partial charge in [-0.25, -0.2) is 4.79 Å². The van der Waals surface area contributed by atoms with Gasteiger partial charge in [0.1, 0.15) is 5.60 Å². The lowest BCUT2D eigenvalue weighted by Crippen LogP contribution is -2.43. The van der Waals surface area contributed by atoms with Crippen LogP contribution in [0.3, 0.4) is 0 Å². The Labute approximate surface area is 167 Å². The maximum atomic E-state index is 12.5. The largest absolute Gasteiger partial charge is 0.444 e. The van der Waals surface area contributed by atoms with E-state index in [4.69, 9.17) is 4.74 Å². The van der Waals surface area contributed by atoms with Gasteiger partial charge in [-0.1, -0.05) is 60.7 Å². The van der Waals surface area contributed by atoms with E-state index >= 15 is 0 Å². The molecule has 0 bridgehead atoms. The number of β-amino-alcohol motifs (C(OH)–C–C–N with tert-alkyl or cyclic N) is 1. The first-order chi connectivity index (χ1) is 13.3. The normalized spacial score (nSPS) is 19.8. The van der Waals surface area contributed by atoms with Gasteiger partial charge in [-0.15, -0.1) is 0 Å². The molecule has 1 N–H and O–H groups in total. The number of benzene rings is 2. The van der Waals surface area contributed by atoms with Gasteiger partial charge in [-0.2, -0.15) is 0 Å². The predicted molar refractivity (Wildman–Crippen MR) is 110 cm³/mol. The molecule has 0 radical (unpaired) electrons. The molecule has 1 saturated heterocycles. The van der Waals surface area contributed by atoms with Crippen LogP contribution in [0.1, 0.15) is 31.9 Å². The lowest BCUT2D eigenvalue weighted by molar-refractivity contribution is 0.0269. The highest BCUT2D eigenvalue weighted by molar-refractivity contribution is 5.68. The summed E-state index contributed by atoms with van der Waals surface area (Å²) in [5.41, 5.74) is 1.82. The molecule has 2 atom stereocenters. The van der Waals surface area contributed by atoms with Crippen LogP contribution in [0.2, 0.25) is 0 Å². The van der Waals surface area contributed by atoms with Gasteiger partial charge in [0.05, 0.1) is 18.7 Å². The zero-order chi connectivity index (χ0) is 20.1. The first kappa shape index (κ1) is 20.4. The highest BCUT2D eigenvalue weighted by Crippen LogP contribution is 2.23. The number of aliphatic hydroxyl groups excluding tert-OH is 1. The molecule has 2 aromatic rings. The van der Waals surface area contributed by atoms with Crippen molar-refractivity contribution in [3.05, 3.63) is 71.8 Å². The summed E-state index contributed by atoms with van der Waals surface area (Å²) in [5, 5.41) is 10.7. The number of hydrogen-bond donors (Lipinski definition) is 1. The van der Waals surface area contributed by atoms with Crippen LogP contribution >= 0.6 is 0 Å². The molecule has 150 valence electrons. The number of likely N-dealkylation sites (tertiary alicyclic amines) is 1. The second-order valence-electron chi connectivity index (χ2n) is 8.40. The zero-order valence-corrected chi connectivity index (χ0v) is 16.9. The molecule has 0 unspecified atom stereocenters. The standard InChI is InChI=1S/C23H30N2O3/c1-23(2,3)28-22(27)25-16-20(21(26)17-25)24(14-18-10-6-4-7-11-18)15-19-12-8-5-9-13-19/h4-13,20-21,26H,14-17H2,1-3H3/t20-,21-/m1/s1. The topological polar surface area (TPSA) is 53.0 Å². The Bertz CT molecular complexity index is 717. The second-order valence-corrected chi connectivity index (χ2v) is 8.40. The Hall–Kier alpha value is -2.37. The fraction of sp³-hybridized carbons (Fsp3) is 0.435. The van der Waals surface area contributed by atoms with Crippen molar-refractivity contribution in [3.63, 3.8) is 0 Å². The minimum absolute atomic E-state index is 0.145. The molecule has 1 amide bonds. The molecule has 1 heterocycles. The summed E-state index contributed by atoms with van der Waals surface area (Å²) in [6, 6.07) is 20.3. The van der Waals surface area contributed by atoms with Gasteiger partial charge in [0.25, 0.3) is 0 Å². The minimum atomic E-state index is -0.611. The van der Waals surface area contributed by atoms with Crippen LogP contribution in [0.5, 0.6) is 0 Å². The number of aliphatic hydroxyl groups is 1. The van der Waals surface area contributed by atoms with Crippen LogP contribution < -0.4 is 0 Å². The summed E-state index contributed by atoms with van der Waals surface area (Å²) in [5.74, 6) is 0. The lowest BCUT2D eigenvalue weighted by atomic mass is 10.1. The quantitative estimate of drug-likeness (QED) is 0.857. The number of hydrogen-bond acceptors (Lipinski definition) is 4. The molecule has 0 saturated carbocycles. The Morgan fingerprint density at radius 3 is 1.96 bits per heavy atom. The van der Waals surface area contributed by atoms with Crippen molar-refractivity contribution in [2.75, 3.05) is 13.1 Å². The van der Waals surface area contributed by atoms with Crippen molar-refractivity contribution in [1.29, 1.82) is 0 Å². The molecule has 28 heavy (non-hydrogen) atoms. The van der Waals surface area contributed by atoms with Crippen molar-refractivity contribution >= 4 is 6.09 Å². The number of carbonyl (C=O) groups excluding carboxylic acids is 1. The zero-order valence-electron chi connectivity index (χ0n) is 16.9. The van der Waals surface area contributed by atoms with Crippen molar-refractivity contribution in [2.45, 2.75) is 51.6 Å². The van der Waals surface area contributed by atoms with Gasteiger partial charge in [-0.3, -0.25) is 4.90 Å². The highest BCUT2D eigenvalue weighted by atomic mass is 16.6. The average Bonchev–Trinajstić information content (AvgIpc) is 3.03. The van der Waals surface area contributed by atoms with Gasteiger partial charge in [0, 0.05) is 19.6 Å². The van der Waals surface area contributed by atoms with Crippen LogP contribution in [0.4, 0.5) is 4.79 Å². The molecule has 5 nitrogen and oxygen atoms in total. The van der Waals surface area contributed by atoms with E-state index in [0.29, 0.717) is 26.2 Å². The number of ether oxygens (including phenoxy) is 1. The average molecular weight is 383 g/mol. The summed E-state index contributed by atoms with van der Waals surface area (Å²) in [6.07, 6.45) is -0.978. The van der Waals surface area contributed by atoms with Gasteiger partial charge in [0.15, 0.2) is 0 Å². The Morgan fingerprint density at radius 1 is 1.00 bits per heavy atom. The summed E-state index contributed by atoms with van der Waals surface area (Å²) in [4.78, 5) is 16.3. The van der Waals surface area contributed by atoms with E-state index in [1.54, 1.807) is 4.90 Å². The molecule has 0 spiro atoms. The SMILES string of the molecule is CC(C)(C)OC(=O)N1C[C@@H](O)[C@H](N(Cc2ccccc2)Cc2ccccc2)C1. The summed E-state index contributed by atoms with van der Waals surface area (Å²) < 4.78 is 5.49. The van der Waals surface area contributed by atoms with E-state index in [1.165, 1.54) is 11.1 Å². The molecular formula is C23H30N2O3. The lowest BCUT2D eigenvalue weighted by Gasteiger charge is -2.31. The third kappa shape index (κ3) is 5.57. The van der Waals surface area contributed by atoms with Crippen LogP contribution in [0.25, 0.3) is 0 Å². The highest BCUT2D eigenvalue weighted by Gasteiger charge is 2.39. The van der Waals surface area contributed by atoms with E-state index in [9.17, 15) is 9.90 Å². The van der Waals surface area contributed by atoms with E-state index in [-0.39, 0.29) is 12.1 Å². The first-order valence-corrected chi connectivity index (χ1v) is 9.80. The third-order valence-electron chi connectivity index (χ3n) is 4.84. The van der Waals surface area contributed by atoms with Crippen LogP contribution in [0.15, 0.2) is 60.7 Å². The van der Waals surface area contributed by atoms with E-state index in [2.05, 4.69) is 29.2 Å². The van der Waals surface area contributed by atoms with Crippen molar-refractivity contribution < 1.29 is 14.6 Å². The molecular weight excluding hydrogens is 352 g/mol. The Kier molecular flexibility index (Phi) is 6.37. The van der Waals surface area contributed by atoms with Crippen molar-refractivity contribution in [3.8, 4) is 0 Å². The fourth-order valence-electron chi connectivity index (χ4n) is 3.53. The van der Waals surface area contributed by atoms with E-state index in [1.807, 2.05) is 57.2 Å². The third-order valence-corrected chi connectivity index (χ3v) is 4.84. The molecule has 1 aliphatic heterocycles. The number of rotatable bonds is 5. The van der Waals surface area contributed by atoms with Crippen molar-refractivity contribution in [2.24, 2.45) is 0 Å². The van der Waals surface area contributed by atoms with Crippen LogP contribution in [0, 0.1) is 0 Å². The predicted octanol–water partition coefficient (Wildman–Crippen LogP) is 3.67. The number of carbonyl (C=O) groups is 1. The monoisotopic (exact) mass is 382 g/mol. The first-order valence-electron chi connectivity index (χ1n) is 9.80. The molecule has 0 aliphatic carbocycles. The molecule has 2 aromatic carbocycles. The van der Waals surface area contributed by atoms with Gasteiger partial charge in [0.2, 0.25) is 0 Å². The Morgan fingerprint density at radius 2 is 1.50 bits per heavy atom. The van der Waals surface area contributed by atoms with Gasteiger partial charge in [-0.05, 0) is 31.9 Å². The number of nitrogens with zero attached hydrogens (tertiary/aromatic N) is 2. The molecule has 1 fully saturated rings.